The highest BCUT2D eigenvalue weighted by Crippen LogP contribution is 2.35. The number of halogens is 9. The number of carbonyl (C=O) groups excluding carboxylic acids is 2. The van der Waals surface area contributed by atoms with Crippen molar-refractivity contribution < 1.29 is 35.9 Å². The first-order valence-electron chi connectivity index (χ1n) is 4.69. The van der Waals surface area contributed by atoms with E-state index in [1.807, 2.05) is 0 Å². The van der Waals surface area contributed by atoms with Crippen molar-refractivity contribution in [3.63, 3.8) is 0 Å². The maximum Gasteiger partial charge on any atom is 0.454 e. The lowest BCUT2D eigenvalue weighted by Crippen LogP contribution is -2.30. The number of hydrogen-bond acceptors (Lipinski definition) is 2. The molecule has 0 aliphatic rings. The second kappa shape index (κ2) is 6.45. The summed E-state index contributed by atoms with van der Waals surface area (Å²) in [4.78, 5) is 22.6. The van der Waals surface area contributed by atoms with E-state index in [0.29, 0.717) is 6.07 Å². The van der Waals surface area contributed by atoms with Crippen LogP contribution in [0.5, 0.6) is 0 Å². The fraction of sp³-hybridized carbons (Fsp3) is 0.200. The highest BCUT2D eigenvalue weighted by molar-refractivity contribution is 14.1. The SMILES string of the molecule is O=C(c1cc(I)c(I)c(I)c1C(=O)C(F)(F)F)C(F)(F)F. The van der Waals surface area contributed by atoms with Gasteiger partial charge in [-0.05, 0) is 73.8 Å². The molecule has 1 rings (SSSR count). The van der Waals surface area contributed by atoms with Crippen molar-refractivity contribution in [3.05, 3.63) is 27.9 Å². The third-order valence-corrected chi connectivity index (χ3v) is 7.26. The van der Waals surface area contributed by atoms with Gasteiger partial charge in [0.2, 0.25) is 0 Å². The number of rotatable bonds is 2. The zero-order valence-corrected chi connectivity index (χ0v) is 15.8. The minimum atomic E-state index is -5.38. The first-order valence-corrected chi connectivity index (χ1v) is 7.92. The van der Waals surface area contributed by atoms with Gasteiger partial charge in [-0.15, -0.1) is 0 Å². The van der Waals surface area contributed by atoms with Gasteiger partial charge in [0.05, 0.1) is 5.56 Å². The Hall–Kier alpha value is 0.330. The van der Waals surface area contributed by atoms with Crippen molar-refractivity contribution in [2.24, 2.45) is 0 Å². The van der Waals surface area contributed by atoms with Crippen LogP contribution >= 0.6 is 67.8 Å². The van der Waals surface area contributed by atoms with E-state index in [2.05, 4.69) is 0 Å². The monoisotopic (exact) mass is 648 g/mol. The third kappa shape index (κ3) is 4.20. The summed E-state index contributed by atoms with van der Waals surface area (Å²) < 4.78 is 75.1. The summed E-state index contributed by atoms with van der Waals surface area (Å²) in [5.74, 6) is -4.96. The topological polar surface area (TPSA) is 34.1 Å². The van der Waals surface area contributed by atoms with Crippen LogP contribution in [0.3, 0.4) is 0 Å². The summed E-state index contributed by atoms with van der Waals surface area (Å²) in [7, 11) is 0. The maximum absolute atomic E-state index is 12.5. The summed E-state index contributed by atoms with van der Waals surface area (Å²) in [5.41, 5.74) is -2.56. The van der Waals surface area contributed by atoms with Crippen LogP contribution in [0.1, 0.15) is 20.7 Å². The average molecular weight is 648 g/mol. The van der Waals surface area contributed by atoms with Gasteiger partial charge in [-0.3, -0.25) is 9.59 Å². The summed E-state index contributed by atoms with van der Waals surface area (Å²) >= 11 is 4.48. The van der Waals surface area contributed by atoms with Gasteiger partial charge < -0.3 is 0 Å². The van der Waals surface area contributed by atoms with E-state index in [4.69, 9.17) is 0 Å². The molecule has 0 N–H and O–H groups in total. The Morgan fingerprint density at radius 3 is 1.62 bits per heavy atom. The zero-order valence-electron chi connectivity index (χ0n) is 9.30. The molecular weight excluding hydrogens is 647 g/mol. The Balaban J connectivity index is 3.73. The smallest absolute Gasteiger partial charge is 0.284 e. The number of carbonyl (C=O) groups is 2. The first kappa shape index (κ1) is 19.4. The Morgan fingerprint density at radius 2 is 1.24 bits per heavy atom. The van der Waals surface area contributed by atoms with E-state index >= 15 is 0 Å². The van der Waals surface area contributed by atoms with Crippen LogP contribution in [0.15, 0.2) is 6.07 Å². The van der Waals surface area contributed by atoms with Crippen LogP contribution in [0.25, 0.3) is 0 Å². The third-order valence-electron chi connectivity index (χ3n) is 2.15. The summed E-state index contributed by atoms with van der Waals surface area (Å²) in [6, 6.07) is 0.638. The number of Topliss-reactive ketones (excluding diaryl/α,β-unsaturated/α-hetero) is 2. The van der Waals surface area contributed by atoms with Crippen LogP contribution in [0.4, 0.5) is 26.3 Å². The molecule has 116 valence electrons. The summed E-state index contributed by atoms with van der Waals surface area (Å²) in [5, 5.41) is 0. The van der Waals surface area contributed by atoms with Gasteiger partial charge in [0, 0.05) is 16.3 Å². The first-order chi connectivity index (χ1) is 9.28. The lowest BCUT2D eigenvalue weighted by atomic mass is 9.99. The quantitative estimate of drug-likeness (QED) is 0.196. The highest BCUT2D eigenvalue weighted by atomic mass is 127. The zero-order chi connectivity index (χ0) is 16.7. The molecule has 0 unspecified atom stereocenters. The molecule has 0 heterocycles. The minimum Gasteiger partial charge on any atom is -0.284 e. The van der Waals surface area contributed by atoms with Crippen molar-refractivity contribution in [1.29, 1.82) is 0 Å². The van der Waals surface area contributed by atoms with Crippen molar-refractivity contribution >= 4 is 79.3 Å². The molecule has 0 atom stereocenters. The fourth-order valence-electron chi connectivity index (χ4n) is 1.29. The van der Waals surface area contributed by atoms with Crippen molar-refractivity contribution in [3.8, 4) is 0 Å². The number of benzene rings is 1. The van der Waals surface area contributed by atoms with E-state index < -0.39 is 35.0 Å². The van der Waals surface area contributed by atoms with Crippen LogP contribution in [0.2, 0.25) is 0 Å². The van der Waals surface area contributed by atoms with Crippen LogP contribution < -0.4 is 0 Å². The second-order valence-electron chi connectivity index (χ2n) is 3.56. The van der Waals surface area contributed by atoms with Crippen molar-refractivity contribution in [2.45, 2.75) is 12.4 Å². The second-order valence-corrected chi connectivity index (χ2v) is 6.88. The van der Waals surface area contributed by atoms with Gasteiger partial charge in [-0.25, -0.2) is 0 Å². The molecule has 0 radical (unpaired) electrons. The lowest BCUT2D eigenvalue weighted by Gasteiger charge is -2.15. The van der Waals surface area contributed by atoms with Crippen molar-refractivity contribution in [1.82, 2.24) is 0 Å². The van der Waals surface area contributed by atoms with E-state index in [1.54, 1.807) is 45.2 Å². The molecule has 0 spiro atoms. The predicted octanol–water partition coefficient (Wildman–Crippen LogP) is 4.99. The van der Waals surface area contributed by atoms with E-state index in [-0.39, 0.29) is 10.7 Å². The van der Waals surface area contributed by atoms with Crippen LogP contribution in [-0.2, 0) is 0 Å². The Bertz CT molecular complexity index is 621. The standard InChI is InChI=1S/C10HF6I3O2/c11-9(12,13)7(20)2-1-3(17)5(18)6(19)4(2)8(21)10(14,15)16/h1H. The molecule has 0 saturated carbocycles. The number of alkyl halides is 6. The van der Waals surface area contributed by atoms with Gasteiger partial charge in [-0.1, -0.05) is 0 Å². The van der Waals surface area contributed by atoms with Crippen LogP contribution in [-0.4, -0.2) is 23.9 Å². The molecule has 2 nitrogen and oxygen atoms in total. The summed E-state index contributed by atoms with van der Waals surface area (Å²) in [6.45, 7) is 0. The molecule has 0 amide bonds. The normalized spacial score (nSPS) is 12.4. The van der Waals surface area contributed by atoms with Gasteiger partial charge >= 0.3 is 12.4 Å². The number of ketones is 2. The fourth-order valence-corrected chi connectivity index (χ4v) is 3.64. The predicted molar refractivity (Wildman–Crippen MR) is 85.4 cm³/mol. The molecule has 0 saturated heterocycles. The Morgan fingerprint density at radius 1 is 0.810 bits per heavy atom. The molecule has 0 fully saturated rings. The molecule has 11 heteroatoms. The molecule has 21 heavy (non-hydrogen) atoms. The Labute approximate surface area is 154 Å². The van der Waals surface area contributed by atoms with Gasteiger partial charge in [0.15, 0.2) is 0 Å². The van der Waals surface area contributed by atoms with Gasteiger partial charge in [0.1, 0.15) is 0 Å². The maximum atomic E-state index is 12.5. The van der Waals surface area contributed by atoms with E-state index in [0.717, 1.165) is 0 Å². The molecule has 1 aromatic rings. The molecule has 0 bridgehead atoms. The average Bonchev–Trinajstić information content (AvgIpc) is 2.31. The Kier molecular flexibility index (Phi) is 5.95. The van der Waals surface area contributed by atoms with Gasteiger partial charge in [0.25, 0.3) is 11.6 Å². The molecular formula is C10HF6I3O2. The van der Waals surface area contributed by atoms with E-state index in [1.165, 1.54) is 22.6 Å². The molecule has 1 aromatic carbocycles. The molecule has 0 aliphatic heterocycles. The highest BCUT2D eigenvalue weighted by Gasteiger charge is 2.47. The van der Waals surface area contributed by atoms with Gasteiger partial charge in [-0.2, -0.15) is 26.3 Å². The van der Waals surface area contributed by atoms with Crippen LogP contribution in [0, 0.1) is 10.7 Å². The lowest BCUT2D eigenvalue weighted by molar-refractivity contribution is -0.0908. The molecule has 0 aliphatic carbocycles. The minimum absolute atomic E-state index is 0.143. The summed E-state index contributed by atoms with van der Waals surface area (Å²) in [6.07, 6.45) is -10.8. The number of hydrogen-bond donors (Lipinski definition) is 0. The largest absolute Gasteiger partial charge is 0.454 e. The van der Waals surface area contributed by atoms with E-state index in [9.17, 15) is 35.9 Å². The van der Waals surface area contributed by atoms with Crippen molar-refractivity contribution in [2.75, 3.05) is 0 Å². The molecule has 0 aromatic heterocycles.